The molecule has 0 saturated carbocycles. The first-order valence-corrected chi connectivity index (χ1v) is 7.79. The van der Waals surface area contributed by atoms with Crippen LogP contribution in [-0.2, 0) is 4.74 Å². The third-order valence-corrected chi connectivity index (χ3v) is 4.47. The van der Waals surface area contributed by atoms with Crippen LogP contribution in [-0.4, -0.2) is 65.6 Å². The topological polar surface area (TPSA) is 177 Å². The van der Waals surface area contributed by atoms with Crippen LogP contribution >= 0.6 is 0 Å². The molecule has 4 atom stereocenters. The van der Waals surface area contributed by atoms with E-state index in [2.05, 4.69) is 25.4 Å². The number of aliphatic hydroxyl groups excluding tert-OH is 3. The van der Waals surface area contributed by atoms with Crippen LogP contribution in [0.1, 0.15) is 11.7 Å². The van der Waals surface area contributed by atoms with Crippen molar-refractivity contribution < 1.29 is 20.1 Å². The molecule has 0 spiro atoms. The van der Waals surface area contributed by atoms with E-state index in [1.165, 1.54) is 12.3 Å². The van der Waals surface area contributed by atoms with E-state index in [-0.39, 0.29) is 16.5 Å². The summed E-state index contributed by atoms with van der Waals surface area (Å²) in [6.45, 7) is -0.508. The summed E-state index contributed by atoms with van der Waals surface area (Å²) in [7, 11) is 0. The van der Waals surface area contributed by atoms with Crippen molar-refractivity contribution in [1.29, 1.82) is 0 Å². The van der Waals surface area contributed by atoms with Crippen molar-refractivity contribution in [3.05, 3.63) is 44.7 Å². The molecule has 136 valence electrons. The summed E-state index contributed by atoms with van der Waals surface area (Å²) in [5.41, 5.74) is -0.0790. The fourth-order valence-electron chi connectivity index (χ4n) is 3.28. The molecule has 6 N–H and O–H groups in total. The van der Waals surface area contributed by atoms with Gasteiger partial charge < -0.3 is 25.0 Å². The highest BCUT2D eigenvalue weighted by Crippen LogP contribution is 2.40. The molecule has 0 radical (unpaired) electrons. The van der Waals surface area contributed by atoms with E-state index < -0.39 is 42.3 Å². The van der Waals surface area contributed by atoms with Gasteiger partial charge in [-0.25, -0.2) is 4.79 Å². The number of nitrogens with zero attached hydrogens (tertiary/aromatic N) is 2. The molecular formula is C15H15N5O6. The molecule has 11 nitrogen and oxygen atoms in total. The lowest BCUT2D eigenvalue weighted by atomic mass is 9.92. The standard InChI is InChI=1S/C15H15N5O6/c21-4-8-11(22)12(23)13(26-8)9-5(7-3-16-20-19-7)1-2-6-10(9)14(24)18-15(25)17-6/h1-3,8,11-13,21-23H,4H2,(H,16,19,20)(H2,17,18,24,25)/t8-,11-,12-,13?/m1/s1. The molecule has 1 saturated heterocycles. The summed E-state index contributed by atoms with van der Waals surface area (Å²) in [5, 5.41) is 40.1. The summed E-state index contributed by atoms with van der Waals surface area (Å²) in [6.07, 6.45) is -3.45. The van der Waals surface area contributed by atoms with Crippen molar-refractivity contribution in [2.75, 3.05) is 6.61 Å². The molecule has 3 aromatic rings. The number of aromatic nitrogens is 5. The van der Waals surface area contributed by atoms with Crippen molar-refractivity contribution in [2.45, 2.75) is 24.4 Å². The zero-order chi connectivity index (χ0) is 18.4. The van der Waals surface area contributed by atoms with Crippen LogP contribution in [0.5, 0.6) is 0 Å². The minimum Gasteiger partial charge on any atom is -0.394 e. The van der Waals surface area contributed by atoms with Crippen LogP contribution in [0.15, 0.2) is 27.9 Å². The number of ether oxygens (including phenoxy) is 1. The van der Waals surface area contributed by atoms with Gasteiger partial charge in [0, 0.05) is 11.1 Å². The Labute approximate surface area is 144 Å². The molecule has 1 aliphatic rings. The van der Waals surface area contributed by atoms with E-state index >= 15 is 0 Å². The summed E-state index contributed by atoms with van der Waals surface area (Å²) >= 11 is 0. The molecule has 1 fully saturated rings. The summed E-state index contributed by atoms with van der Waals surface area (Å²) in [5.74, 6) is 0. The lowest BCUT2D eigenvalue weighted by molar-refractivity contribution is -0.0222. The first kappa shape index (κ1) is 16.6. The zero-order valence-electron chi connectivity index (χ0n) is 13.2. The lowest BCUT2D eigenvalue weighted by Gasteiger charge is -2.19. The number of hydrogen-bond donors (Lipinski definition) is 6. The summed E-state index contributed by atoms with van der Waals surface area (Å²) in [6, 6.07) is 3.13. The van der Waals surface area contributed by atoms with Gasteiger partial charge in [0.05, 0.1) is 23.7 Å². The Kier molecular flexibility index (Phi) is 3.92. The molecule has 0 bridgehead atoms. The van der Waals surface area contributed by atoms with Crippen LogP contribution in [0, 0.1) is 0 Å². The number of benzene rings is 1. The number of nitrogens with one attached hydrogen (secondary N) is 3. The second-order valence-electron chi connectivity index (χ2n) is 5.97. The van der Waals surface area contributed by atoms with Crippen LogP contribution in [0.2, 0.25) is 0 Å². The number of hydrogen-bond acceptors (Lipinski definition) is 8. The number of fused-ring (bicyclic) bond motifs is 1. The fraction of sp³-hybridized carbons (Fsp3) is 0.333. The quantitative estimate of drug-likeness (QED) is 0.315. The summed E-state index contributed by atoms with van der Waals surface area (Å²) in [4.78, 5) is 28.7. The van der Waals surface area contributed by atoms with Crippen molar-refractivity contribution >= 4 is 10.9 Å². The first-order valence-electron chi connectivity index (χ1n) is 7.79. The largest absolute Gasteiger partial charge is 0.394 e. The Balaban J connectivity index is 2.03. The molecule has 4 rings (SSSR count). The molecule has 1 aliphatic heterocycles. The highest BCUT2D eigenvalue weighted by atomic mass is 16.6. The van der Waals surface area contributed by atoms with E-state index in [0.717, 1.165) is 0 Å². The third kappa shape index (κ3) is 2.45. The minimum atomic E-state index is -1.39. The molecule has 26 heavy (non-hydrogen) atoms. The monoisotopic (exact) mass is 361 g/mol. The number of H-pyrrole nitrogens is 3. The maximum Gasteiger partial charge on any atom is 0.326 e. The average Bonchev–Trinajstić information content (AvgIpc) is 3.23. The molecule has 2 aromatic heterocycles. The van der Waals surface area contributed by atoms with Gasteiger partial charge >= 0.3 is 5.69 Å². The number of rotatable bonds is 3. The second-order valence-corrected chi connectivity index (χ2v) is 5.97. The van der Waals surface area contributed by atoms with E-state index in [4.69, 9.17) is 4.74 Å². The highest BCUT2D eigenvalue weighted by molar-refractivity contribution is 5.88. The Morgan fingerprint density at radius 1 is 1.15 bits per heavy atom. The van der Waals surface area contributed by atoms with Crippen molar-refractivity contribution in [1.82, 2.24) is 25.4 Å². The van der Waals surface area contributed by atoms with E-state index in [0.29, 0.717) is 11.3 Å². The van der Waals surface area contributed by atoms with Crippen molar-refractivity contribution in [2.24, 2.45) is 0 Å². The van der Waals surface area contributed by atoms with Crippen LogP contribution in [0.25, 0.3) is 22.2 Å². The van der Waals surface area contributed by atoms with Crippen molar-refractivity contribution in [3.8, 4) is 11.3 Å². The van der Waals surface area contributed by atoms with Gasteiger partial charge in [0.2, 0.25) is 0 Å². The Morgan fingerprint density at radius 3 is 2.62 bits per heavy atom. The van der Waals surface area contributed by atoms with Crippen LogP contribution in [0.4, 0.5) is 0 Å². The highest BCUT2D eigenvalue weighted by Gasteiger charge is 2.45. The van der Waals surface area contributed by atoms with Crippen LogP contribution < -0.4 is 11.2 Å². The normalized spacial score (nSPS) is 25.8. The predicted molar refractivity (Wildman–Crippen MR) is 87.3 cm³/mol. The van der Waals surface area contributed by atoms with Gasteiger partial charge in [0.25, 0.3) is 5.56 Å². The first-order chi connectivity index (χ1) is 12.5. The van der Waals surface area contributed by atoms with Crippen molar-refractivity contribution in [3.63, 3.8) is 0 Å². The predicted octanol–water partition coefficient (Wildman–Crippen LogP) is -1.84. The van der Waals surface area contributed by atoms with Gasteiger partial charge in [-0.2, -0.15) is 15.4 Å². The molecule has 1 unspecified atom stereocenters. The Morgan fingerprint density at radius 2 is 1.96 bits per heavy atom. The van der Waals surface area contributed by atoms with E-state index in [9.17, 15) is 24.9 Å². The van der Waals surface area contributed by atoms with Gasteiger partial charge in [-0.3, -0.25) is 9.78 Å². The molecule has 3 heterocycles. The van der Waals surface area contributed by atoms with E-state index in [1.54, 1.807) is 6.07 Å². The van der Waals surface area contributed by atoms with Gasteiger partial charge in [0.1, 0.15) is 30.1 Å². The molecule has 11 heteroatoms. The maximum absolute atomic E-state index is 12.5. The lowest BCUT2D eigenvalue weighted by Crippen LogP contribution is -2.32. The maximum atomic E-state index is 12.5. The molecule has 0 amide bonds. The van der Waals surface area contributed by atoms with Gasteiger partial charge in [0.15, 0.2) is 0 Å². The zero-order valence-corrected chi connectivity index (χ0v) is 13.2. The second kappa shape index (κ2) is 6.14. The minimum absolute atomic E-state index is 0.0833. The smallest absolute Gasteiger partial charge is 0.326 e. The Bertz CT molecular complexity index is 1060. The molecule has 1 aromatic carbocycles. The third-order valence-electron chi connectivity index (χ3n) is 4.47. The SMILES string of the molecule is O=c1[nH]c(=O)c2c(C3O[C@H](CO)[C@@H](O)[C@H]3O)c(-c3cn[nH]n3)ccc2[nH]1. The average molecular weight is 361 g/mol. The number of aromatic amines is 3. The number of aliphatic hydroxyl groups is 3. The fourth-order valence-corrected chi connectivity index (χ4v) is 3.28. The molecule has 0 aliphatic carbocycles. The van der Waals surface area contributed by atoms with Gasteiger partial charge in [-0.15, -0.1) is 0 Å². The van der Waals surface area contributed by atoms with Gasteiger partial charge in [-0.1, -0.05) is 6.07 Å². The van der Waals surface area contributed by atoms with Crippen LogP contribution in [0.3, 0.4) is 0 Å². The summed E-state index contributed by atoms with van der Waals surface area (Å²) < 4.78 is 5.60. The Hall–Kier alpha value is -2.86. The van der Waals surface area contributed by atoms with E-state index in [1.807, 2.05) is 0 Å². The molecular weight excluding hydrogens is 346 g/mol. The van der Waals surface area contributed by atoms with Gasteiger partial charge in [-0.05, 0) is 6.07 Å².